The van der Waals surface area contributed by atoms with E-state index in [1.807, 2.05) is 0 Å². The molecule has 3 fully saturated rings. The molecule has 0 radical (unpaired) electrons. The SMILES string of the molecule is O=C(CCN1CCC(C2OCCO2)CC1)NC1CCCC1. The van der Waals surface area contributed by atoms with E-state index in [2.05, 4.69) is 10.2 Å². The number of rotatable bonds is 5. The summed E-state index contributed by atoms with van der Waals surface area (Å²) in [6.45, 7) is 4.49. The lowest BCUT2D eigenvalue weighted by atomic mass is 9.96. The molecule has 0 bridgehead atoms. The Morgan fingerprint density at radius 1 is 1.05 bits per heavy atom. The normalized spacial score (nSPS) is 26.5. The van der Waals surface area contributed by atoms with Gasteiger partial charge in [-0.25, -0.2) is 0 Å². The zero-order chi connectivity index (χ0) is 14.5. The summed E-state index contributed by atoms with van der Waals surface area (Å²) in [6.07, 6.45) is 7.77. The Hall–Kier alpha value is -0.650. The van der Waals surface area contributed by atoms with Crippen LogP contribution in [0.5, 0.6) is 0 Å². The summed E-state index contributed by atoms with van der Waals surface area (Å²) >= 11 is 0. The highest BCUT2D eigenvalue weighted by atomic mass is 16.7. The molecule has 0 aromatic carbocycles. The fraction of sp³-hybridized carbons (Fsp3) is 0.938. The molecule has 120 valence electrons. The Bertz CT molecular complexity index is 330. The van der Waals surface area contributed by atoms with E-state index in [0.717, 1.165) is 45.7 Å². The van der Waals surface area contributed by atoms with Gasteiger partial charge in [-0.05, 0) is 38.8 Å². The van der Waals surface area contributed by atoms with Gasteiger partial charge in [-0.1, -0.05) is 12.8 Å². The molecule has 1 amide bonds. The minimum Gasteiger partial charge on any atom is -0.353 e. The molecule has 0 aromatic heterocycles. The Morgan fingerprint density at radius 3 is 2.38 bits per heavy atom. The number of ether oxygens (including phenoxy) is 2. The van der Waals surface area contributed by atoms with Crippen LogP contribution in [0.25, 0.3) is 0 Å². The average molecular weight is 296 g/mol. The maximum absolute atomic E-state index is 11.9. The molecule has 0 aromatic rings. The van der Waals surface area contributed by atoms with E-state index in [1.54, 1.807) is 0 Å². The van der Waals surface area contributed by atoms with Crippen LogP contribution >= 0.6 is 0 Å². The van der Waals surface area contributed by atoms with Crippen LogP contribution in [0, 0.1) is 5.92 Å². The second-order valence-corrected chi connectivity index (χ2v) is 6.59. The van der Waals surface area contributed by atoms with Crippen molar-refractivity contribution >= 4 is 5.91 Å². The summed E-state index contributed by atoms with van der Waals surface area (Å²) in [4.78, 5) is 14.3. The highest BCUT2D eigenvalue weighted by molar-refractivity contribution is 5.76. The third-order valence-corrected chi connectivity index (χ3v) is 5.04. The topological polar surface area (TPSA) is 50.8 Å². The number of carbonyl (C=O) groups excluding carboxylic acids is 1. The molecule has 1 aliphatic carbocycles. The molecule has 1 N–H and O–H groups in total. The fourth-order valence-electron chi connectivity index (χ4n) is 3.73. The molecular weight excluding hydrogens is 268 g/mol. The van der Waals surface area contributed by atoms with Crippen LogP contribution in [0.4, 0.5) is 0 Å². The lowest BCUT2D eigenvalue weighted by Crippen LogP contribution is -2.40. The molecule has 21 heavy (non-hydrogen) atoms. The molecule has 0 atom stereocenters. The zero-order valence-electron chi connectivity index (χ0n) is 12.9. The number of nitrogens with one attached hydrogen (secondary N) is 1. The first-order chi connectivity index (χ1) is 10.3. The largest absolute Gasteiger partial charge is 0.353 e. The van der Waals surface area contributed by atoms with Crippen LogP contribution in [-0.2, 0) is 14.3 Å². The van der Waals surface area contributed by atoms with Crippen molar-refractivity contribution in [2.75, 3.05) is 32.8 Å². The van der Waals surface area contributed by atoms with Crippen LogP contribution in [0.1, 0.15) is 44.9 Å². The number of piperidine rings is 1. The van der Waals surface area contributed by atoms with Gasteiger partial charge in [0.1, 0.15) is 0 Å². The van der Waals surface area contributed by atoms with Crippen LogP contribution in [0.2, 0.25) is 0 Å². The molecule has 3 aliphatic rings. The molecule has 5 nitrogen and oxygen atoms in total. The lowest BCUT2D eigenvalue weighted by Gasteiger charge is -2.33. The minimum absolute atomic E-state index is 0.0258. The first-order valence-electron chi connectivity index (χ1n) is 8.56. The maximum Gasteiger partial charge on any atom is 0.221 e. The average Bonchev–Trinajstić information content (AvgIpc) is 3.19. The molecular formula is C16H28N2O3. The third kappa shape index (κ3) is 4.41. The number of nitrogens with zero attached hydrogens (tertiary/aromatic N) is 1. The van der Waals surface area contributed by atoms with Gasteiger partial charge in [0.15, 0.2) is 6.29 Å². The second-order valence-electron chi connectivity index (χ2n) is 6.59. The van der Waals surface area contributed by atoms with Crippen molar-refractivity contribution in [1.29, 1.82) is 0 Å². The fourth-order valence-corrected chi connectivity index (χ4v) is 3.73. The predicted molar refractivity (Wildman–Crippen MR) is 79.9 cm³/mol. The summed E-state index contributed by atoms with van der Waals surface area (Å²) in [6, 6.07) is 0.444. The van der Waals surface area contributed by atoms with Gasteiger partial charge < -0.3 is 19.7 Å². The van der Waals surface area contributed by atoms with Crippen molar-refractivity contribution in [3.8, 4) is 0 Å². The van der Waals surface area contributed by atoms with Crippen LogP contribution < -0.4 is 5.32 Å². The monoisotopic (exact) mass is 296 g/mol. The number of hydrogen-bond donors (Lipinski definition) is 1. The molecule has 2 aliphatic heterocycles. The van der Waals surface area contributed by atoms with Crippen LogP contribution in [0.15, 0.2) is 0 Å². The molecule has 0 unspecified atom stereocenters. The molecule has 2 heterocycles. The molecule has 5 heteroatoms. The Morgan fingerprint density at radius 2 is 1.71 bits per heavy atom. The van der Waals surface area contributed by atoms with Gasteiger partial charge in [-0.15, -0.1) is 0 Å². The van der Waals surface area contributed by atoms with Crippen LogP contribution in [0.3, 0.4) is 0 Å². The van der Waals surface area contributed by atoms with E-state index in [0.29, 0.717) is 18.4 Å². The molecule has 0 spiro atoms. The predicted octanol–water partition coefficient (Wildman–Crippen LogP) is 1.52. The molecule has 1 saturated carbocycles. The van der Waals surface area contributed by atoms with E-state index in [-0.39, 0.29) is 12.2 Å². The second kappa shape index (κ2) is 7.56. The number of likely N-dealkylation sites (tertiary alicyclic amines) is 1. The third-order valence-electron chi connectivity index (χ3n) is 5.04. The zero-order valence-corrected chi connectivity index (χ0v) is 12.9. The van der Waals surface area contributed by atoms with E-state index < -0.39 is 0 Å². The maximum atomic E-state index is 11.9. The van der Waals surface area contributed by atoms with E-state index in [9.17, 15) is 4.79 Å². The van der Waals surface area contributed by atoms with E-state index in [1.165, 1.54) is 25.7 Å². The molecule has 3 rings (SSSR count). The minimum atomic E-state index is 0.0258. The summed E-state index contributed by atoms with van der Waals surface area (Å²) in [5.74, 6) is 0.766. The summed E-state index contributed by atoms with van der Waals surface area (Å²) in [7, 11) is 0. The summed E-state index contributed by atoms with van der Waals surface area (Å²) < 4.78 is 11.2. The van der Waals surface area contributed by atoms with Gasteiger partial charge in [0, 0.05) is 24.9 Å². The van der Waals surface area contributed by atoms with Gasteiger partial charge in [0.2, 0.25) is 5.91 Å². The van der Waals surface area contributed by atoms with Crippen molar-refractivity contribution in [2.24, 2.45) is 5.92 Å². The highest BCUT2D eigenvalue weighted by Crippen LogP contribution is 2.25. The van der Waals surface area contributed by atoms with Crippen molar-refractivity contribution in [2.45, 2.75) is 57.3 Å². The first kappa shape index (κ1) is 15.3. The highest BCUT2D eigenvalue weighted by Gasteiger charge is 2.30. The van der Waals surface area contributed by atoms with Crippen molar-refractivity contribution < 1.29 is 14.3 Å². The first-order valence-corrected chi connectivity index (χ1v) is 8.56. The van der Waals surface area contributed by atoms with Crippen LogP contribution in [-0.4, -0.2) is 56.0 Å². The Balaban J connectivity index is 1.30. The quantitative estimate of drug-likeness (QED) is 0.836. The van der Waals surface area contributed by atoms with E-state index >= 15 is 0 Å². The number of carbonyl (C=O) groups is 1. The van der Waals surface area contributed by atoms with Gasteiger partial charge in [-0.2, -0.15) is 0 Å². The van der Waals surface area contributed by atoms with E-state index in [4.69, 9.17) is 9.47 Å². The van der Waals surface area contributed by atoms with Gasteiger partial charge in [-0.3, -0.25) is 4.79 Å². The lowest BCUT2D eigenvalue weighted by molar-refractivity contribution is -0.122. The van der Waals surface area contributed by atoms with Crippen molar-refractivity contribution in [3.63, 3.8) is 0 Å². The van der Waals surface area contributed by atoms with Crippen molar-refractivity contribution in [1.82, 2.24) is 10.2 Å². The van der Waals surface area contributed by atoms with Crippen molar-refractivity contribution in [3.05, 3.63) is 0 Å². The number of hydrogen-bond acceptors (Lipinski definition) is 4. The molecule has 2 saturated heterocycles. The summed E-state index contributed by atoms with van der Waals surface area (Å²) in [5, 5.41) is 3.17. The van der Waals surface area contributed by atoms with Gasteiger partial charge >= 0.3 is 0 Å². The number of amides is 1. The Labute approximate surface area is 127 Å². The summed E-state index contributed by atoms with van der Waals surface area (Å²) in [5.41, 5.74) is 0. The van der Waals surface area contributed by atoms with Gasteiger partial charge in [0.25, 0.3) is 0 Å². The smallest absolute Gasteiger partial charge is 0.221 e. The standard InChI is InChI=1S/C16H28N2O3/c19-15(17-14-3-1-2-4-14)7-10-18-8-5-13(6-9-18)16-20-11-12-21-16/h13-14,16H,1-12H2,(H,17,19). The Kier molecular flexibility index (Phi) is 5.49. The van der Waals surface area contributed by atoms with Gasteiger partial charge in [0.05, 0.1) is 13.2 Å².